The lowest BCUT2D eigenvalue weighted by molar-refractivity contribution is -0.235. The third-order valence-corrected chi connectivity index (χ3v) is 6.17. The number of benzene rings is 2. The Labute approximate surface area is 170 Å². The molecule has 3 fully saturated rings. The fourth-order valence-electron chi connectivity index (χ4n) is 4.65. The molecule has 0 N–H and O–H groups in total. The molecule has 3 aliphatic heterocycles. The first-order chi connectivity index (χ1) is 13.4. The summed E-state index contributed by atoms with van der Waals surface area (Å²) in [5, 5.41) is 0.720. The van der Waals surface area contributed by atoms with Gasteiger partial charge in [-0.25, -0.2) is 0 Å². The largest absolute Gasteiger partial charge is 0.365 e. The van der Waals surface area contributed by atoms with Gasteiger partial charge in [0.2, 0.25) is 0 Å². The van der Waals surface area contributed by atoms with Crippen LogP contribution in [0.5, 0.6) is 0 Å². The van der Waals surface area contributed by atoms with Crippen LogP contribution in [0.4, 0.5) is 0 Å². The molecular formula is C23H25ClO4. The SMILES string of the molecule is Cc1ccc([C@@H]2C[C@H](c3cccc(Cl)c3)O[C@@H]3[C@H]4OC(C)(C)O[C@H]4O[C@@H]32)cc1. The lowest BCUT2D eigenvalue weighted by Gasteiger charge is -2.40. The van der Waals surface area contributed by atoms with Crippen LogP contribution in [0.1, 0.15) is 49.0 Å². The first-order valence-electron chi connectivity index (χ1n) is 9.88. The van der Waals surface area contributed by atoms with Gasteiger partial charge >= 0.3 is 0 Å². The number of ether oxygens (including phenoxy) is 4. The molecule has 0 radical (unpaired) electrons. The zero-order valence-corrected chi connectivity index (χ0v) is 17.1. The van der Waals surface area contributed by atoms with Gasteiger partial charge in [0.1, 0.15) is 12.2 Å². The van der Waals surface area contributed by atoms with Gasteiger partial charge in [-0.05, 0) is 50.5 Å². The quantitative estimate of drug-likeness (QED) is 0.699. The molecule has 2 aromatic carbocycles. The average molecular weight is 401 g/mol. The molecule has 3 saturated heterocycles. The molecule has 0 aliphatic carbocycles. The van der Waals surface area contributed by atoms with Crippen molar-refractivity contribution < 1.29 is 18.9 Å². The predicted molar refractivity (Wildman–Crippen MR) is 106 cm³/mol. The Kier molecular flexibility index (Phi) is 4.53. The van der Waals surface area contributed by atoms with Crippen LogP contribution in [0.2, 0.25) is 5.02 Å². The Balaban J connectivity index is 1.50. The Morgan fingerprint density at radius 3 is 2.43 bits per heavy atom. The minimum absolute atomic E-state index is 0.0686. The van der Waals surface area contributed by atoms with E-state index in [0.29, 0.717) is 0 Å². The molecule has 0 spiro atoms. The highest BCUT2D eigenvalue weighted by Gasteiger charge is 2.59. The number of aryl methyl sites for hydroxylation is 1. The summed E-state index contributed by atoms with van der Waals surface area (Å²) in [4.78, 5) is 0. The first kappa shape index (κ1) is 18.6. The van der Waals surface area contributed by atoms with Gasteiger partial charge in [0.05, 0.1) is 12.2 Å². The van der Waals surface area contributed by atoms with Crippen LogP contribution >= 0.6 is 11.6 Å². The average Bonchev–Trinajstić information content (AvgIpc) is 3.13. The number of hydrogen-bond donors (Lipinski definition) is 0. The second-order valence-electron chi connectivity index (χ2n) is 8.47. The molecule has 5 rings (SSSR count). The van der Waals surface area contributed by atoms with Gasteiger partial charge in [-0.15, -0.1) is 0 Å². The van der Waals surface area contributed by atoms with Crippen molar-refractivity contribution >= 4 is 11.6 Å². The molecule has 148 valence electrons. The van der Waals surface area contributed by atoms with Crippen LogP contribution in [0.15, 0.2) is 48.5 Å². The molecule has 5 heteroatoms. The van der Waals surface area contributed by atoms with Crippen molar-refractivity contribution in [1.29, 1.82) is 0 Å². The highest BCUT2D eigenvalue weighted by atomic mass is 35.5. The van der Waals surface area contributed by atoms with Crippen molar-refractivity contribution in [2.45, 2.75) is 69.6 Å². The second-order valence-corrected chi connectivity index (χ2v) is 8.90. The zero-order chi connectivity index (χ0) is 19.5. The maximum absolute atomic E-state index is 6.55. The molecule has 0 unspecified atom stereocenters. The minimum Gasteiger partial charge on any atom is -0.365 e. The maximum Gasteiger partial charge on any atom is 0.190 e. The molecular weight excluding hydrogens is 376 g/mol. The van der Waals surface area contributed by atoms with Gasteiger partial charge in [-0.2, -0.15) is 0 Å². The van der Waals surface area contributed by atoms with Crippen LogP contribution in [-0.4, -0.2) is 30.4 Å². The van der Waals surface area contributed by atoms with E-state index < -0.39 is 12.1 Å². The van der Waals surface area contributed by atoms with Gasteiger partial charge in [0.15, 0.2) is 12.1 Å². The highest BCUT2D eigenvalue weighted by Crippen LogP contribution is 2.50. The zero-order valence-electron chi connectivity index (χ0n) is 16.3. The fourth-order valence-corrected chi connectivity index (χ4v) is 4.85. The monoisotopic (exact) mass is 400 g/mol. The minimum atomic E-state index is -0.661. The normalized spacial score (nSPS) is 36.1. The molecule has 0 aromatic heterocycles. The van der Waals surface area contributed by atoms with Gasteiger partial charge in [-0.3, -0.25) is 0 Å². The summed E-state index contributed by atoms with van der Waals surface area (Å²) < 4.78 is 25.0. The van der Waals surface area contributed by atoms with Crippen molar-refractivity contribution in [3.05, 3.63) is 70.2 Å². The summed E-state index contributed by atoms with van der Waals surface area (Å²) >= 11 is 6.25. The first-order valence-corrected chi connectivity index (χ1v) is 10.3. The standard InChI is InChI=1S/C23H25ClO4/c1-13-7-9-14(10-8-13)17-12-18(15-5-4-6-16(24)11-15)25-20-19(17)26-22-21(20)27-23(2,3)28-22/h4-11,17-22H,12H2,1-3H3/t17-,18+,19+,20-,21+,22+/m0/s1. The Morgan fingerprint density at radius 2 is 1.68 bits per heavy atom. The van der Waals surface area contributed by atoms with Gasteiger partial charge in [-0.1, -0.05) is 53.6 Å². The summed E-state index contributed by atoms with van der Waals surface area (Å²) in [6.07, 6.45) is -0.139. The van der Waals surface area contributed by atoms with Crippen LogP contribution in [-0.2, 0) is 18.9 Å². The van der Waals surface area contributed by atoms with E-state index in [4.69, 9.17) is 30.5 Å². The van der Waals surface area contributed by atoms with Crippen molar-refractivity contribution in [3.63, 3.8) is 0 Å². The molecule has 3 heterocycles. The third kappa shape index (κ3) is 3.27. The Morgan fingerprint density at radius 1 is 0.893 bits per heavy atom. The summed E-state index contributed by atoms with van der Waals surface area (Å²) in [5.74, 6) is -0.462. The molecule has 6 atom stereocenters. The van der Waals surface area contributed by atoms with E-state index >= 15 is 0 Å². The van der Waals surface area contributed by atoms with Crippen LogP contribution in [0.3, 0.4) is 0 Å². The Hall–Kier alpha value is -1.43. The van der Waals surface area contributed by atoms with E-state index in [1.165, 1.54) is 11.1 Å². The number of fused-ring (bicyclic) bond motifs is 3. The molecule has 0 bridgehead atoms. The van der Waals surface area contributed by atoms with E-state index in [1.807, 2.05) is 32.0 Å². The van der Waals surface area contributed by atoms with Gasteiger partial charge in [0, 0.05) is 10.9 Å². The van der Waals surface area contributed by atoms with Crippen molar-refractivity contribution in [1.82, 2.24) is 0 Å². The van der Waals surface area contributed by atoms with E-state index in [1.54, 1.807) is 0 Å². The molecule has 0 amide bonds. The fraction of sp³-hybridized carbons (Fsp3) is 0.478. The van der Waals surface area contributed by atoms with Gasteiger partial charge in [0.25, 0.3) is 0 Å². The molecule has 0 saturated carbocycles. The van der Waals surface area contributed by atoms with E-state index in [9.17, 15) is 0 Å². The van der Waals surface area contributed by atoms with Gasteiger partial charge < -0.3 is 18.9 Å². The van der Waals surface area contributed by atoms with Crippen LogP contribution < -0.4 is 0 Å². The molecule has 2 aromatic rings. The van der Waals surface area contributed by atoms with E-state index in [2.05, 4.69) is 37.3 Å². The molecule has 3 aliphatic rings. The summed E-state index contributed by atoms with van der Waals surface area (Å²) in [7, 11) is 0. The number of halogens is 1. The lowest BCUT2D eigenvalue weighted by Crippen LogP contribution is -2.44. The Bertz CT molecular complexity index is 865. The van der Waals surface area contributed by atoms with E-state index in [0.717, 1.165) is 17.0 Å². The summed E-state index contributed by atoms with van der Waals surface area (Å²) in [6, 6.07) is 16.6. The van der Waals surface area contributed by atoms with Crippen LogP contribution in [0, 0.1) is 6.92 Å². The smallest absolute Gasteiger partial charge is 0.190 e. The number of rotatable bonds is 2. The molecule has 4 nitrogen and oxygen atoms in total. The molecule has 28 heavy (non-hydrogen) atoms. The third-order valence-electron chi connectivity index (χ3n) is 5.94. The summed E-state index contributed by atoms with van der Waals surface area (Å²) in [5.41, 5.74) is 3.59. The number of hydrogen-bond acceptors (Lipinski definition) is 4. The van der Waals surface area contributed by atoms with Crippen LogP contribution in [0.25, 0.3) is 0 Å². The van der Waals surface area contributed by atoms with Crippen molar-refractivity contribution in [2.75, 3.05) is 0 Å². The van der Waals surface area contributed by atoms with Crippen molar-refractivity contribution in [2.24, 2.45) is 0 Å². The predicted octanol–water partition coefficient (Wildman–Crippen LogP) is 5.14. The maximum atomic E-state index is 6.55. The highest BCUT2D eigenvalue weighted by molar-refractivity contribution is 6.30. The lowest BCUT2D eigenvalue weighted by atomic mass is 9.81. The second kappa shape index (κ2) is 6.82. The summed E-state index contributed by atoms with van der Waals surface area (Å²) in [6.45, 7) is 5.93. The van der Waals surface area contributed by atoms with Crippen molar-refractivity contribution in [3.8, 4) is 0 Å². The van der Waals surface area contributed by atoms with E-state index in [-0.39, 0.29) is 30.3 Å². The topological polar surface area (TPSA) is 36.9 Å².